The summed E-state index contributed by atoms with van der Waals surface area (Å²) in [6, 6.07) is 22.2. The first-order valence-electron chi connectivity index (χ1n) is 15.3. The number of rotatable bonds is 9. The van der Waals surface area contributed by atoms with Gasteiger partial charge < -0.3 is 15.0 Å². The predicted molar refractivity (Wildman–Crippen MR) is 177 cm³/mol. The normalized spacial score (nSPS) is 20.3. The third-order valence-electron chi connectivity index (χ3n) is 7.90. The molecule has 3 atom stereocenters. The zero-order valence-corrected chi connectivity index (χ0v) is 27.3. The summed E-state index contributed by atoms with van der Waals surface area (Å²) in [6.07, 6.45) is 3.80. The minimum Gasteiger partial charge on any atom is -0.444 e. The van der Waals surface area contributed by atoms with Gasteiger partial charge in [0, 0.05) is 61.5 Å². The number of amides is 2. The summed E-state index contributed by atoms with van der Waals surface area (Å²) < 4.78 is 5.70. The number of carbonyl (C=O) groups is 2. The van der Waals surface area contributed by atoms with Crippen molar-refractivity contribution in [3.63, 3.8) is 0 Å². The van der Waals surface area contributed by atoms with E-state index >= 15 is 0 Å². The Morgan fingerprint density at radius 2 is 1.70 bits per heavy atom. The van der Waals surface area contributed by atoms with Crippen LogP contribution in [0.15, 0.2) is 79.1 Å². The van der Waals surface area contributed by atoms with Crippen molar-refractivity contribution in [3.05, 3.63) is 101 Å². The summed E-state index contributed by atoms with van der Waals surface area (Å²) in [5.74, 6) is 0.358. The summed E-state index contributed by atoms with van der Waals surface area (Å²) in [6.45, 7) is 10.8. The molecule has 2 aliphatic heterocycles. The average Bonchev–Trinajstić information content (AvgIpc) is 3.47. The van der Waals surface area contributed by atoms with Crippen LogP contribution in [0.1, 0.15) is 55.3 Å². The van der Waals surface area contributed by atoms with Gasteiger partial charge in [0.25, 0.3) is 0 Å². The molecule has 0 radical (unpaired) electrons. The van der Waals surface area contributed by atoms with E-state index in [1.54, 1.807) is 29.1 Å². The van der Waals surface area contributed by atoms with Gasteiger partial charge in [0.1, 0.15) is 17.0 Å². The third-order valence-corrected chi connectivity index (χ3v) is 9.48. The zero-order valence-electron chi connectivity index (χ0n) is 25.7. The molecule has 2 saturated heterocycles. The van der Waals surface area contributed by atoms with Crippen molar-refractivity contribution >= 4 is 35.4 Å². The van der Waals surface area contributed by atoms with Crippen LogP contribution in [0.25, 0.3) is 0 Å². The van der Waals surface area contributed by atoms with Crippen LogP contribution in [0, 0.1) is 0 Å². The summed E-state index contributed by atoms with van der Waals surface area (Å²) >= 11 is 7.75. The number of halogens is 1. The highest BCUT2D eigenvalue weighted by atomic mass is 35.5. The van der Waals surface area contributed by atoms with Gasteiger partial charge in [0.15, 0.2) is 0 Å². The van der Waals surface area contributed by atoms with Crippen molar-refractivity contribution in [1.82, 2.24) is 25.0 Å². The van der Waals surface area contributed by atoms with Gasteiger partial charge in [-0.15, -0.1) is 11.8 Å². The third kappa shape index (κ3) is 8.33. The second-order valence-corrected chi connectivity index (χ2v) is 13.8. The Bertz CT molecular complexity index is 1370. The smallest absolute Gasteiger partial charge is 0.412 e. The molecule has 2 unspecified atom stereocenters. The molecule has 10 heteroatoms. The second kappa shape index (κ2) is 14.8. The molecule has 1 aromatic heterocycles. The average molecular weight is 636 g/mol. The second-order valence-electron chi connectivity index (χ2n) is 12.3. The number of piperazine rings is 1. The van der Waals surface area contributed by atoms with Crippen LogP contribution in [-0.2, 0) is 9.53 Å². The van der Waals surface area contributed by atoms with E-state index in [-0.39, 0.29) is 17.3 Å². The van der Waals surface area contributed by atoms with E-state index in [0.717, 1.165) is 49.7 Å². The van der Waals surface area contributed by atoms with Crippen LogP contribution in [-0.4, -0.2) is 88.3 Å². The van der Waals surface area contributed by atoms with E-state index in [0.29, 0.717) is 12.3 Å². The first kappa shape index (κ1) is 32.3. The number of carbonyl (C=O) groups excluding carboxylic acids is 2. The molecule has 3 aromatic rings. The summed E-state index contributed by atoms with van der Waals surface area (Å²) in [5, 5.41) is 3.52. The highest BCUT2D eigenvalue weighted by molar-refractivity contribution is 7.99. The molecule has 2 aliphatic rings. The summed E-state index contributed by atoms with van der Waals surface area (Å²) in [4.78, 5) is 37.4. The quantitative estimate of drug-likeness (QED) is 0.289. The van der Waals surface area contributed by atoms with E-state index < -0.39 is 17.7 Å². The predicted octanol–water partition coefficient (Wildman–Crippen LogP) is 6.00. The topological polar surface area (TPSA) is 78.0 Å². The molecular weight excluding hydrogens is 594 g/mol. The standard InChI is InChI=1S/C34H42ClN5O3S/c1-34(2,3)43-33(42)40-29(24-44-32(40)27-11-7-16-36-23-27)31(41)37-17-8-18-38-19-21-39(22-20-38)30(25-9-5-4-6-10-25)26-12-14-28(35)15-13-26/h4-7,9-16,23,29-30,32H,8,17-22,24H2,1-3H3,(H,37,41)/t29-,30?,32?/m0/s1. The SMILES string of the molecule is CC(C)(C)OC(=O)N1C(c2cccnc2)SC[C@H]1C(=O)NCCCN1CCN(C(c2ccccc2)c2ccc(Cl)cc2)CC1. The Labute approximate surface area is 270 Å². The molecule has 0 saturated carbocycles. The number of benzene rings is 2. The van der Waals surface area contributed by atoms with Crippen LogP contribution in [0.2, 0.25) is 5.02 Å². The Hall–Kier alpha value is -3.11. The zero-order chi connectivity index (χ0) is 31.1. The number of ether oxygens (including phenoxy) is 1. The van der Waals surface area contributed by atoms with Crippen molar-refractivity contribution < 1.29 is 14.3 Å². The molecule has 44 heavy (non-hydrogen) atoms. The van der Waals surface area contributed by atoms with Gasteiger partial charge in [-0.3, -0.25) is 19.6 Å². The summed E-state index contributed by atoms with van der Waals surface area (Å²) in [5.41, 5.74) is 2.74. The van der Waals surface area contributed by atoms with E-state index in [4.69, 9.17) is 16.3 Å². The van der Waals surface area contributed by atoms with Crippen molar-refractivity contribution in [3.8, 4) is 0 Å². The van der Waals surface area contributed by atoms with Crippen molar-refractivity contribution in [2.75, 3.05) is 45.0 Å². The molecule has 2 amide bonds. The van der Waals surface area contributed by atoms with Crippen LogP contribution in [0.5, 0.6) is 0 Å². The van der Waals surface area contributed by atoms with Gasteiger partial charge in [-0.1, -0.05) is 60.1 Å². The molecule has 0 aliphatic carbocycles. The fourth-order valence-corrected chi connectivity index (χ4v) is 7.32. The molecule has 234 valence electrons. The van der Waals surface area contributed by atoms with E-state index in [1.165, 1.54) is 11.1 Å². The number of hydrogen-bond donors (Lipinski definition) is 1. The molecule has 3 heterocycles. The molecule has 5 rings (SSSR count). The van der Waals surface area contributed by atoms with Gasteiger partial charge in [-0.25, -0.2) is 4.79 Å². The maximum absolute atomic E-state index is 13.3. The van der Waals surface area contributed by atoms with Gasteiger partial charge in [0.2, 0.25) is 5.91 Å². The lowest BCUT2D eigenvalue weighted by Crippen LogP contribution is -2.50. The molecule has 2 fully saturated rings. The Morgan fingerprint density at radius 3 is 2.36 bits per heavy atom. The lowest BCUT2D eigenvalue weighted by Gasteiger charge is -2.40. The molecule has 8 nitrogen and oxygen atoms in total. The highest BCUT2D eigenvalue weighted by Gasteiger charge is 2.44. The Balaban J connectivity index is 1.13. The van der Waals surface area contributed by atoms with Crippen molar-refractivity contribution in [1.29, 1.82) is 0 Å². The van der Waals surface area contributed by atoms with Crippen LogP contribution >= 0.6 is 23.4 Å². The van der Waals surface area contributed by atoms with Gasteiger partial charge in [-0.2, -0.15) is 0 Å². The number of pyridine rings is 1. The monoisotopic (exact) mass is 635 g/mol. The van der Waals surface area contributed by atoms with Gasteiger partial charge in [-0.05, 0) is 63.1 Å². The lowest BCUT2D eigenvalue weighted by molar-refractivity contribution is -0.125. The van der Waals surface area contributed by atoms with E-state index in [1.807, 2.05) is 45.0 Å². The number of nitrogens with one attached hydrogen (secondary N) is 1. The van der Waals surface area contributed by atoms with Crippen LogP contribution in [0.4, 0.5) is 4.79 Å². The van der Waals surface area contributed by atoms with Crippen LogP contribution in [0.3, 0.4) is 0 Å². The first-order valence-corrected chi connectivity index (χ1v) is 16.7. The molecular formula is C34H42ClN5O3S. The van der Waals surface area contributed by atoms with Crippen molar-refractivity contribution in [2.45, 2.75) is 50.3 Å². The van der Waals surface area contributed by atoms with E-state index in [9.17, 15) is 9.59 Å². The maximum Gasteiger partial charge on any atom is 0.412 e. The fraction of sp³-hybridized carbons (Fsp3) is 0.441. The molecule has 1 N–H and O–H groups in total. The number of nitrogens with zero attached hydrogens (tertiary/aromatic N) is 4. The maximum atomic E-state index is 13.3. The fourth-order valence-electron chi connectivity index (χ4n) is 5.80. The van der Waals surface area contributed by atoms with E-state index in [2.05, 4.69) is 62.6 Å². The molecule has 0 bridgehead atoms. The number of thioether (sulfide) groups is 1. The minimum absolute atomic E-state index is 0.145. The largest absolute Gasteiger partial charge is 0.444 e. The highest BCUT2D eigenvalue weighted by Crippen LogP contribution is 2.42. The van der Waals surface area contributed by atoms with Gasteiger partial charge in [0.05, 0.1) is 6.04 Å². The molecule has 0 spiro atoms. The number of aromatic nitrogens is 1. The van der Waals surface area contributed by atoms with Crippen molar-refractivity contribution in [2.24, 2.45) is 0 Å². The van der Waals surface area contributed by atoms with Gasteiger partial charge >= 0.3 is 6.09 Å². The summed E-state index contributed by atoms with van der Waals surface area (Å²) in [7, 11) is 0. The van der Waals surface area contributed by atoms with Crippen LogP contribution < -0.4 is 5.32 Å². The Morgan fingerprint density at radius 1 is 1.00 bits per heavy atom. The lowest BCUT2D eigenvalue weighted by atomic mass is 9.96. The molecule has 2 aromatic carbocycles. The minimum atomic E-state index is -0.662. The number of hydrogen-bond acceptors (Lipinski definition) is 7. The first-order chi connectivity index (χ1) is 21.2. The Kier molecular flexibility index (Phi) is 10.8.